The third-order valence-electron chi connectivity index (χ3n) is 3.59. The molecule has 0 aliphatic heterocycles. The summed E-state index contributed by atoms with van der Waals surface area (Å²) in [5.41, 5.74) is 2.72. The molecule has 0 aromatic heterocycles. The number of benzene rings is 2. The van der Waals surface area contributed by atoms with Crippen molar-refractivity contribution in [2.45, 2.75) is 26.4 Å². The lowest BCUT2D eigenvalue weighted by molar-refractivity contribution is -0.139. The zero-order valence-corrected chi connectivity index (χ0v) is 14.3. The molecule has 2 aromatic carbocycles. The monoisotopic (exact) mass is 342 g/mol. The summed E-state index contributed by atoms with van der Waals surface area (Å²) in [4.78, 5) is 22.7. The maximum absolute atomic E-state index is 11.9. The van der Waals surface area contributed by atoms with E-state index in [-0.39, 0.29) is 12.5 Å². The highest BCUT2D eigenvalue weighted by Gasteiger charge is 2.09. The van der Waals surface area contributed by atoms with Gasteiger partial charge in [0.1, 0.15) is 11.8 Å². The van der Waals surface area contributed by atoms with Crippen molar-refractivity contribution in [2.75, 3.05) is 11.9 Å². The van der Waals surface area contributed by atoms with E-state index in [4.69, 9.17) is 9.84 Å². The fourth-order valence-electron chi connectivity index (χ4n) is 2.09. The third-order valence-corrected chi connectivity index (χ3v) is 3.59. The molecule has 0 bridgehead atoms. The van der Waals surface area contributed by atoms with Crippen LogP contribution in [-0.2, 0) is 16.1 Å². The van der Waals surface area contributed by atoms with Gasteiger partial charge in [0.25, 0.3) is 5.91 Å². The molecule has 2 aromatic rings. The number of aryl methyl sites for hydroxylation is 1. The van der Waals surface area contributed by atoms with Crippen molar-refractivity contribution in [1.82, 2.24) is 5.32 Å². The second-order valence-corrected chi connectivity index (χ2v) is 5.79. The number of aliphatic carboxylic acids is 1. The van der Waals surface area contributed by atoms with Crippen molar-refractivity contribution >= 4 is 17.6 Å². The van der Waals surface area contributed by atoms with Gasteiger partial charge in [0, 0.05) is 12.2 Å². The highest BCUT2D eigenvalue weighted by Crippen LogP contribution is 2.14. The smallest absolute Gasteiger partial charge is 0.320 e. The van der Waals surface area contributed by atoms with Crippen molar-refractivity contribution in [3.8, 4) is 5.75 Å². The Labute approximate surface area is 146 Å². The van der Waals surface area contributed by atoms with E-state index in [1.807, 2.05) is 37.3 Å². The minimum atomic E-state index is -0.903. The molecule has 0 heterocycles. The molecule has 3 N–H and O–H groups in total. The average molecular weight is 342 g/mol. The number of carboxylic acid groups (broad SMARTS) is 1. The van der Waals surface area contributed by atoms with Crippen LogP contribution in [0.3, 0.4) is 0 Å². The molecule has 6 heteroatoms. The van der Waals surface area contributed by atoms with Crippen molar-refractivity contribution in [1.29, 1.82) is 0 Å². The van der Waals surface area contributed by atoms with Gasteiger partial charge in [-0.1, -0.05) is 29.8 Å². The number of hydrogen-bond donors (Lipinski definition) is 3. The molecule has 0 saturated heterocycles. The summed E-state index contributed by atoms with van der Waals surface area (Å²) in [6.45, 7) is 3.86. The van der Waals surface area contributed by atoms with Crippen LogP contribution < -0.4 is 15.4 Å². The Morgan fingerprint density at radius 2 is 1.88 bits per heavy atom. The predicted molar refractivity (Wildman–Crippen MR) is 95.7 cm³/mol. The molecule has 0 spiro atoms. The zero-order chi connectivity index (χ0) is 18.2. The molecule has 0 fully saturated rings. The summed E-state index contributed by atoms with van der Waals surface area (Å²) in [5.74, 6) is -0.589. The number of ether oxygens (including phenoxy) is 1. The van der Waals surface area contributed by atoms with E-state index in [2.05, 4.69) is 10.6 Å². The van der Waals surface area contributed by atoms with Gasteiger partial charge in [0.2, 0.25) is 0 Å². The maximum atomic E-state index is 11.9. The Morgan fingerprint density at radius 1 is 1.16 bits per heavy atom. The number of carbonyl (C=O) groups is 2. The number of rotatable bonds is 8. The average Bonchev–Trinajstić information content (AvgIpc) is 2.60. The lowest BCUT2D eigenvalue weighted by Gasteiger charge is -2.11. The van der Waals surface area contributed by atoms with Crippen molar-refractivity contribution in [2.24, 2.45) is 0 Å². The first-order valence-electron chi connectivity index (χ1n) is 7.98. The summed E-state index contributed by atoms with van der Waals surface area (Å²) in [6, 6.07) is 14.1. The van der Waals surface area contributed by atoms with E-state index in [1.165, 1.54) is 0 Å². The second-order valence-electron chi connectivity index (χ2n) is 5.79. The van der Waals surface area contributed by atoms with Gasteiger partial charge in [0.15, 0.2) is 6.61 Å². The van der Waals surface area contributed by atoms with Crippen LogP contribution in [0.25, 0.3) is 0 Å². The van der Waals surface area contributed by atoms with E-state index >= 15 is 0 Å². The number of amides is 1. The van der Waals surface area contributed by atoms with Crippen LogP contribution in [0.15, 0.2) is 48.5 Å². The van der Waals surface area contributed by atoms with Gasteiger partial charge in [0.05, 0.1) is 0 Å². The quantitative estimate of drug-likeness (QED) is 0.686. The second kappa shape index (κ2) is 8.84. The highest BCUT2D eigenvalue weighted by molar-refractivity contribution is 5.91. The van der Waals surface area contributed by atoms with Gasteiger partial charge in [-0.05, 0) is 43.7 Å². The van der Waals surface area contributed by atoms with E-state index < -0.39 is 12.0 Å². The molecule has 1 amide bonds. The van der Waals surface area contributed by atoms with Crippen LogP contribution in [-0.4, -0.2) is 29.6 Å². The zero-order valence-electron chi connectivity index (χ0n) is 14.3. The molecule has 1 unspecified atom stereocenters. The van der Waals surface area contributed by atoms with Crippen LogP contribution >= 0.6 is 0 Å². The van der Waals surface area contributed by atoms with E-state index in [1.54, 1.807) is 25.1 Å². The molecule has 6 nitrogen and oxygen atoms in total. The number of anilines is 1. The van der Waals surface area contributed by atoms with Gasteiger partial charge in [-0.15, -0.1) is 0 Å². The Bertz CT molecular complexity index is 728. The Hall–Kier alpha value is -2.86. The van der Waals surface area contributed by atoms with Crippen molar-refractivity contribution in [3.63, 3.8) is 0 Å². The first-order valence-corrected chi connectivity index (χ1v) is 7.98. The molecule has 1 atom stereocenters. The van der Waals surface area contributed by atoms with Gasteiger partial charge in [-0.25, -0.2) is 0 Å². The topological polar surface area (TPSA) is 87.7 Å². The van der Waals surface area contributed by atoms with E-state index in [9.17, 15) is 9.59 Å². The Balaban J connectivity index is 1.83. The standard InChI is InChI=1S/C19H22N2O4/c1-13-6-8-16(9-7-13)21-18(22)12-25-17-5-3-4-15(10-17)11-20-14(2)19(23)24/h3-10,14,20H,11-12H2,1-2H3,(H,21,22)(H,23,24). The minimum absolute atomic E-state index is 0.101. The molecular weight excluding hydrogens is 320 g/mol. The molecule has 0 saturated carbocycles. The van der Waals surface area contributed by atoms with Crippen LogP contribution in [0.1, 0.15) is 18.1 Å². The largest absolute Gasteiger partial charge is 0.484 e. The summed E-state index contributed by atoms with van der Waals surface area (Å²) in [6.07, 6.45) is 0. The molecule has 0 aliphatic rings. The number of carboxylic acids is 1. The molecular formula is C19H22N2O4. The normalized spacial score (nSPS) is 11.6. The van der Waals surface area contributed by atoms with Gasteiger partial charge in [-0.2, -0.15) is 0 Å². The van der Waals surface area contributed by atoms with Crippen molar-refractivity contribution in [3.05, 3.63) is 59.7 Å². The Morgan fingerprint density at radius 3 is 2.56 bits per heavy atom. The first kappa shape index (κ1) is 18.5. The lowest BCUT2D eigenvalue weighted by Crippen LogP contribution is -2.33. The molecule has 132 valence electrons. The van der Waals surface area contributed by atoms with Gasteiger partial charge >= 0.3 is 5.97 Å². The minimum Gasteiger partial charge on any atom is -0.484 e. The molecule has 2 rings (SSSR count). The third kappa shape index (κ3) is 6.27. The molecule has 0 aliphatic carbocycles. The summed E-state index contributed by atoms with van der Waals surface area (Å²) in [5, 5.41) is 14.5. The van der Waals surface area contributed by atoms with Gasteiger partial charge < -0.3 is 20.5 Å². The van der Waals surface area contributed by atoms with Crippen LogP contribution in [0.2, 0.25) is 0 Å². The number of nitrogens with one attached hydrogen (secondary N) is 2. The van der Waals surface area contributed by atoms with E-state index in [0.29, 0.717) is 12.3 Å². The van der Waals surface area contributed by atoms with Crippen LogP contribution in [0.5, 0.6) is 5.75 Å². The molecule has 25 heavy (non-hydrogen) atoms. The van der Waals surface area contributed by atoms with E-state index in [0.717, 1.165) is 16.8 Å². The summed E-state index contributed by atoms with van der Waals surface area (Å²) >= 11 is 0. The SMILES string of the molecule is Cc1ccc(NC(=O)COc2cccc(CNC(C)C(=O)O)c2)cc1. The van der Waals surface area contributed by atoms with Gasteiger partial charge in [-0.3, -0.25) is 9.59 Å². The number of hydrogen-bond acceptors (Lipinski definition) is 4. The number of carbonyl (C=O) groups excluding carboxylic acids is 1. The lowest BCUT2D eigenvalue weighted by atomic mass is 10.2. The predicted octanol–water partition coefficient (Wildman–Crippen LogP) is 2.58. The molecule has 0 radical (unpaired) electrons. The first-order chi connectivity index (χ1) is 11.9. The maximum Gasteiger partial charge on any atom is 0.320 e. The summed E-state index contributed by atoms with van der Waals surface area (Å²) in [7, 11) is 0. The Kier molecular flexibility index (Phi) is 6.54. The van der Waals surface area contributed by atoms with Crippen molar-refractivity contribution < 1.29 is 19.4 Å². The fourth-order valence-corrected chi connectivity index (χ4v) is 2.09. The van der Waals surface area contributed by atoms with Crippen LogP contribution in [0.4, 0.5) is 5.69 Å². The van der Waals surface area contributed by atoms with Crippen LogP contribution in [0, 0.1) is 6.92 Å². The summed E-state index contributed by atoms with van der Waals surface area (Å²) < 4.78 is 5.50. The fraction of sp³-hybridized carbons (Fsp3) is 0.263. The highest BCUT2D eigenvalue weighted by atomic mass is 16.5.